The van der Waals surface area contributed by atoms with E-state index in [9.17, 15) is 13.5 Å². The van der Waals surface area contributed by atoms with Gasteiger partial charge in [-0.3, -0.25) is 4.57 Å². The average molecular weight is 347 g/mol. The molecule has 2 rings (SSSR count). The highest BCUT2D eigenvalue weighted by atomic mass is 35.5. The molecule has 0 amide bonds. The third kappa shape index (κ3) is 3.34. The SMILES string of the molecule is CCC(CC)n1c(O)nc2ncc(Cl)c(CNS(C)(=O)=O)c21. The Morgan fingerprint density at radius 3 is 2.59 bits per heavy atom. The number of sulfonamides is 1. The molecule has 0 saturated heterocycles. The Bertz CT molecular complexity index is 784. The standard InChI is InChI=1S/C13H19ClN4O3S/c1-4-8(5-2)18-11-9(6-16-22(3,20)21)10(14)7-15-12(11)17-13(18)19/h7-8,16H,4-6H2,1-3H3,(H,15,17,19). The van der Waals surface area contributed by atoms with Gasteiger partial charge in [-0.1, -0.05) is 25.4 Å². The van der Waals surface area contributed by atoms with Gasteiger partial charge in [-0.25, -0.2) is 18.1 Å². The van der Waals surface area contributed by atoms with Crippen molar-refractivity contribution in [2.45, 2.75) is 39.3 Å². The Hall–Kier alpha value is -1.38. The van der Waals surface area contributed by atoms with E-state index in [0.717, 1.165) is 19.1 Å². The molecule has 0 radical (unpaired) electrons. The van der Waals surface area contributed by atoms with E-state index in [1.807, 2.05) is 13.8 Å². The Kier molecular flexibility index (Phi) is 4.93. The van der Waals surface area contributed by atoms with Crippen LogP contribution in [0.2, 0.25) is 5.02 Å². The Morgan fingerprint density at radius 1 is 1.41 bits per heavy atom. The van der Waals surface area contributed by atoms with Gasteiger partial charge in [-0.2, -0.15) is 4.98 Å². The van der Waals surface area contributed by atoms with Gasteiger partial charge in [0.25, 0.3) is 6.01 Å². The molecule has 2 N–H and O–H groups in total. The number of hydrogen-bond donors (Lipinski definition) is 2. The average Bonchev–Trinajstić information content (AvgIpc) is 2.75. The van der Waals surface area contributed by atoms with E-state index >= 15 is 0 Å². The number of hydrogen-bond acceptors (Lipinski definition) is 5. The van der Waals surface area contributed by atoms with Crippen LogP contribution >= 0.6 is 11.6 Å². The summed E-state index contributed by atoms with van der Waals surface area (Å²) in [6.07, 6.45) is 4.07. The van der Waals surface area contributed by atoms with Crippen molar-refractivity contribution in [2.24, 2.45) is 0 Å². The first-order chi connectivity index (χ1) is 10.3. The van der Waals surface area contributed by atoms with E-state index in [0.29, 0.717) is 21.7 Å². The van der Waals surface area contributed by atoms with Crippen LogP contribution in [0.1, 0.15) is 38.3 Å². The van der Waals surface area contributed by atoms with Crippen molar-refractivity contribution in [3.63, 3.8) is 0 Å². The van der Waals surface area contributed by atoms with E-state index in [2.05, 4.69) is 14.7 Å². The minimum absolute atomic E-state index is 0.0158. The van der Waals surface area contributed by atoms with E-state index in [1.165, 1.54) is 6.20 Å². The third-order valence-corrected chi connectivity index (χ3v) is 4.56. The summed E-state index contributed by atoms with van der Waals surface area (Å²) in [4.78, 5) is 8.16. The lowest BCUT2D eigenvalue weighted by atomic mass is 10.1. The summed E-state index contributed by atoms with van der Waals surface area (Å²) in [5.41, 5.74) is 1.46. The lowest BCUT2D eigenvalue weighted by molar-refractivity contribution is 0.361. The van der Waals surface area contributed by atoms with Gasteiger partial charge in [0.2, 0.25) is 10.0 Å². The zero-order chi connectivity index (χ0) is 16.5. The fraction of sp³-hybridized carbons (Fsp3) is 0.538. The number of fused-ring (bicyclic) bond motifs is 1. The van der Waals surface area contributed by atoms with Gasteiger partial charge in [0, 0.05) is 24.3 Å². The summed E-state index contributed by atoms with van der Waals surface area (Å²) in [6.45, 7) is 4.03. The molecular weight excluding hydrogens is 328 g/mol. The fourth-order valence-electron chi connectivity index (χ4n) is 2.46. The molecule has 2 aromatic rings. The second-order valence-corrected chi connectivity index (χ2v) is 7.34. The molecular formula is C13H19ClN4O3S. The molecule has 0 spiro atoms. The van der Waals surface area contributed by atoms with E-state index in [4.69, 9.17) is 11.6 Å². The first kappa shape index (κ1) is 17.0. The van der Waals surface area contributed by atoms with Crippen LogP contribution < -0.4 is 4.72 Å². The monoisotopic (exact) mass is 346 g/mol. The van der Waals surface area contributed by atoms with Crippen molar-refractivity contribution in [3.05, 3.63) is 16.8 Å². The highest BCUT2D eigenvalue weighted by Gasteiger charge is 2.22. The molecule has 0 aliphatic rings. The molecule has 0 atom stereocenters. The van der Waals surface area contributed by atoms with Crippen LogP contribution in [-0.2, 0) is 16.6 Å². The Balaban J connectivity index is 2.65. The molecule has 0 fully saturated rings. The molecule has 0 unspecified atom stereocenters. The molecule has 9 heteroatoms. The van der Waals surface area contributed by atoms with E-state index in [-0.39, 0.29) is 18.6 Å². The molecule has 2 aromatic heterocycles. The molecule has 0 saturated carbocycles. The Labute approximate surface area is 134 Å². The smallest absolute Gasteiger partial charge is 0.296 e. The maximum Gasteiger partial charge on any atom is 0.296 e. The van der Waals surface area contributed by atoms with Crippen LogP contribution in [0.3, 0.4) is 0 Å². The number of halogens is 1. The van der Waals surface area contributed by atoms with Crippen molar-refractivity contribution >= 4 is 32.8 Å². The molecule has 2 heterocycles. The number of nitrogens with zero attached hydrogens (tertiary/aromatic N) is 3. The number of rotatable bonds is 6. The molecule has 0 aromatic carbocycles. The largest absolute Gasteiger partial charge is 0.480 e. The molecule has 22 heavy (non-hydrogen) atoms. The van der Waals surface area contributed by atoms with Crippen LogP contribution in [0.4, 0.5) is 0 Å². The molecule has 122 valence electrons. The lowest BCUT2D eigenvalue weighted by Crippen LogP contribution is -2.22. The van der Waals surface area contributed by atoms with Gasteiger partial charge in [0.05, 0.1) is 16.8 Å². The highest BCUT2D eigenvalue weighted by molar-refractivity contribution is 7.88. The predicted molar refractivity (Wildman–Crippen MR) is 85.5 cm³/mol. The maximum absolute atomic E-state index is 11.3. The number of pyridine rings is 1. The van der Waals surface area contributed by atoms with Gasteiger partial charge in [-0.15, -0.1) is 0 Å². The van der Waals surface area contributed by atoms with Crippen molar-refractivity contribution in [2.75, 3.05) is 6.26 Å². The minimum Gasteiger partial charge on any atom is -0.480 e. The summed E-state index contributed by atoms with van der Waals surface area (Å²) >= 11 is 6.18. The topological polar surface area (TPSA) is 97.1 Å². The molecule has 0 aliphatic heterocycles. The van der Waals surface area contributed by atoms with Gasteiger partial charge in [0.1, 0.15) is 0 Å². The molecule has 0 aliphatic carbocycles. The summed E-state index contributed by atoms with van der Waals surface area (Å²) in [6, 6.07) is -0.110. The first-order valence-corrected chi connectivity index (χ1v) is 9.24. The molecule has 0 bridgehead atoms. The highest BCUT2D eigenvalue weighted by Crippen LogP contribution is 2.32. The predicted octanol–water partition coefficient (Wildman–Crippen LogP) is 2.20. The summed E-state index contributed by atoms with van der Waals surface area (Å²) in [5.74, 6) is 0. The van der Waals surface area contributed by atoms with Crippen LogP contribution in [0, 0.1) is 0 Å². The minimum atomic E-state index is -3.37. The van der Waals surface area contributed by atoms with E-state index < -0.39 is 10.0 Å². The second-order valence-electron chi connectivity index (χ2n) is 5.10. The summed E-state index contributed by atoms with van der Waals surface area (Å²) < 4.78 is 26.8. The second kappa shape index (κ2) is 6.39. The first-order valence-electron chi connectivity index (χ1n) is 6.97. The number of nitrogens with one attached hydrogen (secondary N) is 1. The van der Waals surface area contributed by atoms with Crippen molar-refractivity contribution in [3.8, 4) is 6.01 Å². The van der Waals surface area contributed by atoms with Crippen molar-refractivity contribution < 1.29 is 13.5 Å². The van der Waals surface area contributed by atoms with Crippen LogP contribution in [-0.4, -0.2) is 34.3 Å². The van der Waals surface area contributed by atoms with Gasteiger partial charge < -0.3 is 5.11 Å². The number of aromatic hydroxyl groups is 1. The zero-order valence-electron chi connectivity index (χ0n) is 12.7. The summed E-state index contributed by atoms with van der Waals surface area (Å²) in [7, 11) is -3.37. The maximum atomic E-state index is 11.3. The lowest BCUT2D eigenvalue weighted by Gasteiger charge is -2.18. The quantitative estimate of drug-likeness (QED) is 0.835. The van der Waals surface area contributed by atoms with Crippen LogP contribution in [0.25, 0.3) is 11.2 Å². The number of aromatic nitrogens is 3. The van der Waals surface area contributed by atoms with Crippen molar-refractivity contribution in [1.29, 1.82) is 0 Å². The van der Waals surface area contributed by atoms with Crippen LogP contribution in [0.5, 0.6) is 6.01 Å². The van der Waals surface area contributed by atoms with Gasteiger partial charge >= 0.3 is 0 Å². The Morgan fingerprint density at radius 2 is 2.05 bits per heavy atom. The summed E-state index contributed by atoms with van der Waals surface area (Å²) in [5, 5.41) is 10.5. The third-order valence-electron chi connectivity index (χ3n) is 3.57. The van der Waals surface area contributed by atoms with Crippen molar-refractivity contribution in [1.82, 2.24) is 19.3 Å². The number of imidazole rings is 1. The van der Waals surface area contributed by atoms with Crippen LogP contribution in [0.15, 0.2) is 6.20 Å². The van der Waals surface area contributed by atoms with E-state index in [1.54, 1.807) is 4.57 Å². The normalized spacial score (nSPS) is 12.4. The molecule has 7 nitrogen and oxygen atoms in total. The fourth-order valence-corrected chi connectivity index (χ4v) is 3.07. The zero-order valence-corrected chi connectivity index (χ0v) is 14.2. The van der Waals surface area contributed by atoms with Gasteiger partial charge in [0.15, 0.2) is 5.65 Å². The van der Waals surface area contributed by atoms with Gasteiger partial charge in [-0.05, 0) is 12.8 Å².